The summed E-state index contributed by atoms with van der Waals surface area (Å²) in [5.41, 5.74) is 2.33. The molecule has 0 aliphatic heterocycles. The summed E-state index contributed by atoms with van der Waals surface area (Å²) in [6.07, 6.45) is 1.63. The maximum Gasteiger partial charge on any atom is 0.323 e. The van der Waals surface area contributed by atoms with Crippen LogP contribution in [0.3, 0.4) is 0 Å². The Morgan fingerprint density at radius 1 is 1.00 bits per heavy atom. The first-order chi connectivity index (χ1) is 13.3. The first kappa shape index (κ1) is 19.9. The number of halogens is 1. The molecule has 2 amide bonds. The van der Waals surface area contributed by atoms with E-state index in [-0.39, 0.29) is 11.4 Å². The van der Waals surface area contributed by atoms with Crippen LogP contribution in [0.4, 0.5) is 16.2 Å². The molecule has 5 nitrogen and oxygen atoms in total. The lowest BCUT2D eigenvalue weighted by molar-refractivity contribution is 0.262. The van der Waals surface area contributed by atoms with Crippen molar-refractivity contribution in [1.82, 2.24) is 4.98 Å². The second kappa shape index (κ2) is 8.44. The highest BCUT2D eigenvalue weighted by atomic mass is 79.9. The predicted molar refractivity (Wildman–Crippen MR) is 116 cm³/mol. The fourth-order valence-corrected chi connectivity index (χ4v) is 2.79. The van der Waals surface area contributed by atoms with Crippen molar-refractivity contribution in [2.24, 2.45) is 0 Å². The predicted octanol–water partition coefficient (Wildman–Crippen LogP) is 6.58. The third kappa shape index (κ3) is 5.33. The maximum atomic E-state index is 12.3. The van der Waals surface area contributed by atoms with Crippen LogP contribution in [0.2, 0.25) is 0 Å². The summed E-state index contributed by atoms with van der Waals surface area (Å²) in [7, 11) is 0. The molecule has 0 bridgehead atoms. The lowest BCUT2D eigenvalue weighted by atomic mass is 9.87. The number of carbonyl (C=O) groups excluding carboxylic acids is 1. The fourth-order valence-electron chi connectivity index (χ4n) is 2.52. The summed E-state index contributed by atoms with van der Waals surface area (Å²) in [6, 6.07) is 18.3. The SMILES string of the molecule is CC(C)(C)c1cccc(Oc2ncccc2NC(=O)Nc2ccc(Br)cc2)c1. The molecule has 0 unspecified atom stereocenters. The molecule has 0 spiro atoms. The van der Waals surface area contributed by atoms with Gasteiger partial charge < -0.3 is 15.4 Å². The number of nitrogens with zero attached hydrogens (tertiary/aromatic N) is 1. The van der Waals surface area contributed by atoms with Gasteiger partial charge in [0.05, 0.1) is 0 Å². The van der Waals surface area contributed by atoms with E-state index in [0.717, 1.165) is 10.0 Å². The number of urea groups is 1. The van der Waals surface area contributed by atoms with Gasteiger partial charge in [-0.25, -0.2) is 9.78 Å². The first-order valence-corrected chi connectivity index (χ1v) is 9.67. The average molecular weight is 440 g/mol. The van der Waals surface area contributed by atoms with Gasteiger partial charge in [0.1, 0.15) is 11.4 Å². The van der Waals surface area contributed by atoms with Crippen molar-refractivity contribution in [2.75, 3.05) is 10.6 Å². The molecule has 3 rings (SSSR count). The van der Waals surface area contributed by atoms with E-state index >= 15 is 0 Å². The number of benzene rings is 2. The highest BCUT2D eigenvalue weighted by Gasteiger charge is 2.15. The highest BCUT2D eigenvalue weighted by Crippen LogP contribution is 2.30. The van der Waals surface area contributed by atoms with Crippen molar-refractivity contribution in [3.8, 4) is 11.6 Å². The van der Waals surface area contributed by atoms with Crippen LogP contribution in [-0.2, 0) is 5.41 Å². The van der Waals surface area contributed by atoms with Crippen molar-refractivity contribution < 1.29 is 9.53 Å². The van der Waals surface area contributed by atoms with Gasteiger partial charge in [-0.15, -0.1) is 0 Å². The van der Waals surface area contributed by atoms with Crippen LogP contribution in [0.25, 0.3) is 0 Å². The van der Waals surface area contributed by atoms with Crippen LogP contribution in [0.5, 0.6) is 11.6 Å². The molecule has 0 fully saturated rings. The largest absolute Gasteiger partial charge is 0.437 e. The van der Waals surface area contributed by atoms with E-state index in [1.54, 1.807) is 18.3 Å². The van der Waals surface area contributed by atoms with E-state index in [1.807, 2.05) is 42.5 Å². The minimum absolute atomic E-state index is 0.00906. The smallest absolute Gasteiger partial charge is 0.323 e. The molecular formula is C22H22BrN3O2. The normalized spacial score (nSPS) is 11.0. The zero-order valence-electron chi connectivity index (χ0n) is 16.0. The third-order valence-electron chi connectivity index (χ3n) is 4.04. The van der Waals surface area contributed by atoms with Crippen molar-refractivity contribution in [3.05, 3.63) is 76.9 Å². The topological polar surface area (TPSA) is 63.2 Å². The zero-order chi connectivity index (χ0) is 20.1. The molecule has 0 saturated carbocycles. The van der Waals surface area contributed by atoms with Gasteiger partial charge in [-0.2, -0.15) is 0 Å². The van der Waals surface area contributed by atoms with Gasteiger partial charge in [-0.1, -0.05) is 48.8 Å². The number of pyridine rings is 1. The number of amides is 2. The van der Waals surface area contributed by atoms with Gasteiger partial charge in [0.25, 0.3) is 0 Å². The maximum absolute atomic E-state index is 12.3. The van der Waals surface area contributed by atoms with Gasteiger partial charge in [0.2, 0.25) is 5.88 Å². The van der Waals surface area contributed by atoms with Gasteiger partial charge >= 0.3 is 6.03 Å². The number of anilines is 2. The molecule has 28 heavy (non-hydrogen) atoms. The molecule has 1 heterocycles. The second-order valence-electron chi connectivity index (χ2n) is 7.32. The van der Waals surface area contributed by atoms with Crippen LogP contribution in [-0.4, -0.2) is 11.0 Å². The molecule has 2 aromatic carbocycles. The number of nitrogens with one attached hydrogen (secondary N) is 2. The molecule has 144 valence electrons. The molecule has 0 atom stereocenters. The van der Waals surface area contributed by atoms with Crippen molar-refractivity contribution in [2.45, 2.75) is 26.2 Å². The van der Waals surface area contributed by atoms with E-state index < -0.39 is 0 Å². The molecule has 0 aliphatic carbocycles. The number of carbonyl (C=O) groups is 1. The standard InChI is InChI=1S/C22H22BrN3O2/c1-22(2,3)15-6-4-7-18(14-15)28-20-19(8-5-13-24-20)26-21(27)25-17-11-9-16(23)10-12-17/h4-14H,1-3H3,(H2,25,26,27). The van der Waals surface area contributed by atoms with Gasteiger partial charge in [-0.3, -0.25) is 0 Å². The van der Waals surface area contributed by atoms with Crippen molar-refractivity contribution in [1.29, 1.82) is 0 Å². The number of aromatic nitrogens is 1. The van der Waals surface area contributed by atoms with Crippen molar-refractivity contribution >= 4 is 33.3 Å². The van der Waals surface area contributed by atoms with E-state index in [1.165, 1.54) is 0 Å². The summed E-state index contributed by atoms with van der Waals surface area (Å²) in [6.45, 7) is 6.44. The number of ether oxygens (including phenoxy) is 1. The lowest BCUT2D eigenvalue weighted by Crippen LogP contribution is -2.19. The molecule has 2 N–H and O–H groups in total. The fraction of sp³-hybridized carbons (Fsp3) is 0.182. The van der Waals surface area contributed by atoms with Gasteiger partial charge in [0.15, 0.2) is 0 Å². The molecule has 6 heteroatoms. The third-order valence-corrected chi connectivity index (χ3v) is 4.56. The Kier molecular flexibility index (Phi) is 5.99. The average Bonchev–Trinajstić information content (AvgIpc) is 2.65. The quantitative estimate of drug-likeness (QED) is 0.482. The van der Waals surface area contributed by atoms with Crippen molar-refractivity contribution in [3.63, 3.8) is 0 Å². The zero-order valence-corrected chi connectivity index (χ0v) is 17.6. The van der Waals surface area contributed by atoms with Crippen LogP contribution in [0.15, 0.2) is 71.3 Å². The lowest BCUT2D eigenvalue weighted by Gasteiger charge is -2.20. The first-order valence-electron chi connectivity index (χ1n) is 8.88. The van der Waals surface area contributed by atoms with Crippen LogP contribution in [0, 0.1) is 0 Å². The van der Waals surface area contributed by atoms with E-state index in [9.17, 15) is 4.79 Å². The van der Waals surface area contributed by atoms with Crippen LogP contribution >= 0.6 is 15.9 Å². The molecule has 1 aromatic heterocycles. The second-order valence-corrected chi connectivity index (χ2v) is 8.24. The van der Waals surface area contributed by atoms with Gasteiger partial charge in [0, 0.05) is 16.4 Å². The minimum Gasteiger partial charge on any atom is -0.437 e. The summed E-state index contributed by atoms with van der Waals surface area (Å²) in [5, 5.41) is 5.57. The summed E-state index contributed by atoms with van der Waals surface area (Å²) in [4.78, 5) is 16.6. The molecule has 3 aromatic rings. The van der Waals surface area contributed by atoms with E-state index in [0.29, 0.717) is 23.0 Å². The Morgan fingerprint density at radius 3 is 2.46 bits per heavy atom. The Hall–Kier alpha value is -2.86. The number of hydrogen-bond acceptors (Lipinski definition) is 3. The summed E-state index contributed by atoms with van der Waals surface area (Å²) >= 11 is 3.37. The summed E-state index contributed by atoms with van der Waals surface area (Å²) < 4.78 is 6.90. The molecular weight excluding hydrogens is 418 g/mol. The molecule has 0 radical (unpaired) electrons. The van der Waals surface area contributed by atoms with Crippen LogP contribution < -0.4 is 15.4 Å². The minimum atomic E-state index is -0.372. The summed E-state index contributed by atoms with van der Waals surface area (Å²) in [5.74, 6) is 1.00. The Labute approximate surface area is 173 Å². The van der Waals surface area contributed by atoms with E-state index in [2.05, 4.69) is 58.4 Å². The highest BCUT2D eigenvalue weighted by molar-refractivity contribution is 9.10. The Morgan fingerprint density at radius 2 is 1.75 bits per heavy atom. The molecule has 0 aliphatic rings. The monoisotopic (exact) mass is 439 g/mol. The van der Waals surface area contributed by atoms with Crippen LogP contribution in [0.1, 0.15) is 26.3 Å². The van der Waals surface area contributed by atoms with E-state index in [4.69, 9.17) is 4.74 Å². The number of rotatable bonds is 4. The molecule has 0 saturated heterocycles. The number of hydrogen-bond donors (Lipinski definition) is 2. The van der Waals surface area contributed by atoms with Gasteiger partial charge in [-0.05, 0) is 59.5 Å². The Bertz CT molecular complexity index is 966. The Balaban J connectivity index is 1.74.